The number of hydrogen-bond acceptors (Lipinski definition) is 3. The Bertz CT molecular complexity index is 801. The molecule has 0 saturated carbocycles. The van der Waals surface area contributed by atoms with E-state index < -0.39 is 11.9 Å². The zero-order valence-corrected chi connectivity index (χ0v) is 12.1. The fourth-order valence-electron chi connectivity index (χ4n) is 2.36. The molecule has 0 aliphatic heterocycles. The van der Waals surface area contributed by atoms with Crippen molar-refractivity contribution >= 4 is 5.78 Å². The van der Waals surface area contributed by atoms with Crippen LogP contribution in [-0.4, -0.2) is 20.5 Å². The molecule has 0 bridgehead atoms. The number of halogens is 2. The number of carbonyl (C=O) groups is 1. The van der Waals surface area contributed by atoms with Crippen LogP contribution in [0, 0.1) is 11.6 Å². The Morgan fingerprint density at radius 3 is 2.48 bits per heavy atom. The van der Waals surface area contributed by atoms with Gasteiger partial charge in [0.2, 0.25) is 0 Å². The highest BCUT2D eigenvalue weighted by molar-refractivity contribution is 5.99. The number of Topliss-reactive ketones (excluding diaryl/α,β-unsaturated/α-hetero) is 1. The van der Waals surface area contributed by atoms with Gasteiger partial charge in [0.05, 0.1) is 0 Å². The summed E-state index contributed by atoms with van der Waals surface area (Å²) in [4.78, 5) is 16.6. The first-order valence-corrected chi connectivity index (χ1v) is 7.02. The molecule has 0 radical (unpaired) electrons. The fourth-order valence-corrected chi connectivity index (χ4v) is 2.36. The van der Waals surface area contributed by atoms with Crippen molar-refractivity contribution in [2.45, 2.75) is 12.5 Å². The highest BCUT2D eigenvalue weighted by atomic mass is 19.1. The average molecular weight is 313 g/mol. The second kappa shape index (κ2) is 6.48. The van der Waals surface area contributed by atoms with Gasteiger partial charge in [0.15, 0.2) is 5.78 Å². The minimum Gasteiger partial charge on any atom is -0.292 e. The standard InChI is InChI=1S/C17H13F2N3O/c18-14-7-5-12(6-8-14)17(23)16(22-11-20-10-21-22)9-13-3-1-2-4-15(13)19/h1-8,10-11,16H,9H2. The van der Waals surface area contributed by atoms with Gasteiger partial charge in [-0.15, -0.1) is 0 Å². The molecule has 0 aliphatic carbocycles. The van der Waals surface area contributed by atoms with Crippen molar-refractivity contribution in [3.63, 3.8) is 0 Å². The predicted molar refractivity (Wildman–Crippen MR) is 79.9 cm³/mol. The molecule has 116 valence electrons. The van der Waals surface area contributed by atoms with Crippen molar-refractivity contribution in [3.05, 3.63) is 83.9 Å². The van der Waals surface area contributed by atoms with Crippen LogP contribution < -0.4 is 0 Å². The molecule has 1 atom stereocenters. The van der Waals surface area contributed by atoms with E-state index in [2.05, 4.69) is 10.1 Å². The quantitative estimate of drug-likeness (QED) is 0.680. The number of rotatable bonds is 5. The maximum Gasteiger partial charge on any atom is 0.187 e. The Kier molecular flexibility index (Phi) is 4.23. The maximum atomic E-state index is 13.9. The van der Waals surface area contributed by atoms with Crippen LogP contribution in [0.5, 0.6) is 0 Å². The minimum absolute atomic E-state index is 0.131. The van der Waals surface area contributed by atoms with Crippen LogP contribution in [0.15, 0.2) is 61.2 Å². The van der Waals surface area contributed by atoms with Crippen LogP contribution in [0.4, 0.5) is 8.78 Å². The summed E-state index contributed by atoms with van der Waals surface area (Å²) in [5.41, 5.74) is 0.742. The Morgan fingerprint density at radius 1 is 1.09 bits per heavy atom. The van der Waals surface area contributed by atoms with Crippen LogP contribution in [0.2, 0.25) is 0 Å². The van der Waals surface area contributed by atoms with E-state index in [1.807, 2.05) is 0 Å². The molecule has 2 aromatic carbocycles. The number of benzene rings is 2. The van der Waals surface area contributed by atoms with Gasteiger partial charge in [-0.05, 0) is 35.9 Å². The average Bonchev–Trinajstić information content (AvgIpc) is 3.08. The predicted octanol–water partition coefficient (Wildman–Crippen LogP) is 3.22. The lowest BCUT2D eigenvalue weighted by molar-refractivity contribution is 0.0916. The third-order valence-electron chi connectivity index (χ3n) is 3.56. The minimum atomic E-state index is -0.750. The van der Waals surface area contributed by atoms with E-state index in [-0.39, 0.29) is 18.0 Å². The Morgan fingerprint density at radius 2 is 1.83 bits per heavy atom. The van der Waals surface area contributed by atoms with Gasteiger partial charge in [0, 0.05) is 12.0 Å². The summed E-state index contributed by atoms with van der Waals surface area (Å²) in [5, 5.41) is 3.99. The topological polar surface area (TPSA) is 47.8 Å². The molecule has 6 heteroatoms. The lowest BCUT2D eigenvalue weighted by Crippen LogP contribution is -2.23. The number of aromatic nitrogens is 3. The van der Waals surface area contributed by atoms with Crippen LogP contribution in [-0.2, 0) is 6.42 Å². The zero-order valence-electron chi connectivity index (χ0n) is 12.1. The molecule has 0 spiro atoms. The molecule has 1 unspecified atom stereocenters. The third kappa shape index (κ3) is 3.31. The zero-order chi connectivity index (χ0) is 16.2. The highest BCUT2D eigenvalue weighted by Crippen LogP contribution is 2.21. The smallest absolute Gasteiger partial charge is 0.187 e. The molecule has 0 saturated heterocycles. The van der Waals surface area contributed by atoms with Gasteiger partial charge in [0.25, 0.3) is 0 Å². The first-order chi connectivity index (χ1) is 11.1. The van der Waals surface area contributed by atoms with E-state index in [4.69, 9.17) is 0 Å². The van der Waals surface area contributed by atoms with Crippen LogP contribution in [0.3, 0.4) is 0 Å². The van der Waals surface area contributed by atoms with E-state index in [1.165, 1.54) is 47.7 Å². The third-order valence-corrected chi connectivity index (χ3v) is 3.56. The summed E-state index contributed by atoms with van der Waals surface area (Å²) >= 11 is 0. The molecule has 3 aromatic rings. The Labute approximate surface area is 131 Å². The molecule has 0 fully saturated rings. The van der Waals surface area contributed by atoms with Crippen molar-refractivity contribution in [1.29, 1.82) is 0 Å². The van der Waals surface area contributed by atoms with Gasteiger partial charge in [0.1, 0.15) is 30.3 Å². The van der Waals surface area contributed by atoms with Crippen molar-refractivity contribution in [2.75, 3.05) is 0 Å². The van der Waals surface area contributed by atoms with Crippen LogP contribution >= 0.6 is 0 Å². The molecule has 1 aromatic heterocycles. The summed E-state index contributed by atoms with van der Waals surface area (Å²) in [6.07, 6.45) is 2.85. The van der Waals surface area contributed by atoms with E-state index >= 15 is 0 Å². The van der Waals surface area contributed by atoms with Gasteiger partial charge in [-0.2, -0.15) is 5.10 Å². The number of hydrogen-bond donors (Lipinski definition) is 0. The number of carbonyl (C=O) groups excluding carboxylic acids is 1. The highest BCUT2D eigenvalue weighted by Gasteiger charge is 2.24. The van der Waals surface area contributed by atoms with Gasteiger partial charge in [-0.1, -0.05) is 18.2 Å². The molecule has 1 heterocycles. The van der Waals surface area contributed by atoms with E-state index in [9.17, 15) is 13.6 Å². The molecular weight excluding hydrogens is 300 g/mol. The molecule has 23 heavy (non-hydrogen) atoms. The summed E-state index contributed by atoms with van der Waals surface area (Å²) < 4.78 is 28.3. The van der Waals surface area contributed by atoms with Gasteiger partial charge in [-0.3, -0.25) is 4.79 Å². The van der Waals surface area contributed by atoms with Crippen molar-refractivity contribution < 1.29 is 13.6 Å². The Balaban J connectivity index is 1.95. The molecule has 3 rings (SSSR count). The second-order valence-electron chi connectivity index (χ2n) is 5.06. The normalized spacial score (nSPS) is 12.1. The summed E-state index contributed by atoms with van der Waals surface area (Å²) in [5.74, 6) is -1.09. The molecule has 0 N–H and O–H groups in total. The summed E-state index contributed by atoms with van der Waals surface area (Å²) in [7, 11) is 0. The SMILES string of the molecule is O=C(c1ccc(F)cc1)C(Cc1ccccc1F)n1cncn1. The van der Waals surface area contributed by atoms with Gasteiger partial charge >= 0.3 is 0 Å². The summed E-state index contributed by atoms with van der Waals surface area (Å²) in [6.45, 7) is 0. The van der Waals surface area contributed by atoms with E-state index in [0.717, 1.165) is 0 Å². The first-order valence-electron chi connectivity index (χ1n) is 7.02. The largest absolute Gasteiger partial charge is 0.292 e. The number of ketones is 1. The van der Waals surface area contributed by atoms with Crippen LogP contribution in [0.25, 0.3) is 0 Å². The monoisotopic (exact) mass is 313 g/mol. The van der Waals surface area contributed by atoms with Crippen molar-refractivity contribution in [3.8, 4) is 0 Å². The van der Waals surface area contributed by atoms with Crippen molar-refractivity contribution in [2.24, 2.45) is 0 Å². The van der Waals surface area contributed by atoms with E-state index in [0.29, 0.717) is 11.1 Å². The fraction of sp³-hybridized carbons (Fsp3) is 0.118. The van der Waals surface area contributed by atoms with Crippen molar-refractivity contribution in [1.82, 2.24) is 14.8 Å². The molecule has 0 amide bonds. The van der Waals surface area contributed by atoms with Gasteiger partial charge < -0.3 is 0 Å². The maximum absolute atomic E-state index is 13.9. The summed E-state index contributed by atoms with van der Waals surface area (Å²) in [6, 6.07) is 10.8. The first kappa shape index (κ1) is 15.0. The number of nitrogens with zero attached hydrogens (tertiary/aromatic N) is 3. The lowest BCUT2D eigenvalue weighted by atomic mass is 9.97. The van der Waals surface area contributed by atoms with Gasteiger partial charge in [-0.25, -0.2) is 18.4 Å². The molecule has 0 aliphatic rings. The second-order valence-corrected chi connectivity index (χ2v) is 5.06. The van der Waals surface area contributed by atoms with Crippen LogP contribution in [0.1, 0.15) is 22.0 Å². The molecule has 4 nitrogen and oxygen atoms in total. The Hall–Kier alpha value is -2.89. The molecular formula is C17H13F2N3O. The lowest BCUT2D eigenvalue weighted by Gasteiger charge is -2.16. The van der Waals surface area contributed by atoms with E-state index in [1.54, 1.807) is 18.2 Å².